The molecule has 1 aromatic heterocycles. The van der Waals surface area contributed by atoms with Crippen LogP contribution in [0.5, 0.6) is 0 Å². The van der Waals surface area contributed by atoms with Gasteiger partial charge in [-0.3, -0.25) is 9.98 Å². The Balaban J connectivity index is 0.00000135. The topological polar surface area (TPSA) is 28.5 Å². The lowest BCUT2D eigenvalue weighted by molar-refractivity contribution is 0.153. The molecule has 5 aromatic carbocycles. The highest BCUT2D eigenvalue weighted by Gasteiger charge is 2.50. The number of fused-ring (bicyclic) bond motifs is 4. The highest BCUT2D eigenvalue weighted by Crippen LogP contribution is 2.58. The van der Waals surface area contributed by atoms with Crippen molar-refractivity contribution in [1.29, 1.82) is 0 Å². The van der Waals surface area contributed by atoms with Gasteiger partial charge < -0.3 is 4.90 Å². The van der Waals surface area contributed by atoms with E-state index in [1.165, 1.54) is 72.9 Å². The molecule has 0 amide bonds. The van der Waals surface area contributed by atoms with Gasteiger partial charge in [-0.25, -0.2) is 0 Å². The number of anilines is 1. The van der Waals surface area contributed by atoms with Gasteiger partial charge in [-0.2, -0.15) is 0 Å². The van der Waals surface area contributed by atoms with Crippen LogP contribution in [0.2, 0.25) is 0 Å². The predicted molar refractivity (Wildman–Crippen MR) is 325 cm³/mol. The fourth-order valence-corrected chi connectivity index (χ4v) is 10.8. The molecule has 2 aliphatic carbocycles. The minimum Gasteiger partial charge on any atom is -0.349 e. The van der Waals surface area contributed by atoms with Crippen molar-refractivity contribution >= 4 is 45.6 Å². The van der Waals surface area contributed by atoms with Crippen molar-refractivity contribution in [3.63, 3.8) is 0 Å². The van der Waals surface area contributed by atoms with E-state index in [2.05, 4.69) is 238 Å². The zero-order valence-electron chi connectivity index (χ0n) is 47.0. The number of aromatic nitrogens is 1. The van der Waals surface area contributed by atoms with Gasteiger partial charge >= 0.3 is 0 Å². The summed E-state index contributed by atoms with van der Waals surface area (Å²) in [5.41, 5.74) is 16.2. The molecule has 2 aliphatic rings. The first-order valence-corrected chi connectivity index (χ1v) is 27.1. The van der Waals surface area contributed by atoms with Crippen molar-refractivity contribution in [2.45, 2.75) is 127 Å². The number of hydrogen-bond acceptors (Lipinski definition) is 3. The lowest BCUT2D eigenvalue weighted by atomic mass is 9.51. The van der Waals surface area contributed by atoms with Crippen LogP contribution in [-0.4, -0.2) is 18.7 Å². The molecule has 0 fully saturated rings. The van der Waals surface area contributed by atoms with Crippen LogP contribution in [0.3, 0.4) is 0 Å². The first kappa shape index (κ1) is 57.1. The summed E-state index contributed by atoms with van der Waals surface area (Å²) in [6.45, 7) is 36.7. The quantitative estimate of drug-likeness (QED) is 0.0583. The minimum atomic E-state index is -0.363. The first-order valence-electron chi connectivity index (χ1n) is 27.1. The summed E-state index contributed by atoms with van der Waals surface area (Å²) < 4.78 is 0. The second kappa shape index (κ2) is 26.2. The van der Waals surface area contributed by atoms with E-state index >= 15 is 0 Å². The molecule has 3 atom stereocenters. The highest BCUT2D eigenvalue weighted by atomic mass is 15.1. The zero-order chi connectivity index (χ0) is 53.3. The molecule has 3 unspecified atom stereocenters. The molecular weight excluding hydrogens is 883 g/mol. The van der Waals surface area contributed by atoms with Gasteiger partial charge in [0.25, 0.3) is 0 Å². The summed E-state index contributed by atoms with van der Waals surface area (Å²) >= 11 is 0. The average molecular weight is 968 g/mol. The van der Waals surface area contributed by atoms with E-state index < -0.39 is 0 Å². The molecule has 0 radical (unpaired) electrons. The van der Waals surface area contributed by atoms with E-state index in [1.54, 1.807) is 0 Å². The van der Waals surface area contributed by atoms with Gasteiger partial charge in [0.05, 0.1) is 11.4 Å². The number of hydrogen-bond donors (Lipinski definition) is 0. The number of benzene rings is 5. The van der Waals surface area contributed by atoms with E-state index in [4.69, 9.17) is 4.98 Å². The maximum Gasteiger partial charge on any atom is 0.0856 e. The number of aliphatic imine (C=N–C) groups is 1. The number of rotatable bonds is 15. The Bertz CT molecular complexity index is 3000. The Morgan fingerprint density at radius 2 is 1.48 bits per heavy atom. The Morgan fingerprint density at radius 1 is 0.808 bits per heavy atom. The smallest absolute Gasteiger partial charge is 0.0856 e. The van der Waals surface area contributed by atoms with Crippen LogP contribution in [-0.2, 0) is 10.8 Å². The fraction of sp³-hybridized carbons (Fsp3) is 0.314. The molecule has 0 saturated carbocycles. The minimum absolute atomic E-state index is 0.0883. The van der Waals surface area contributed by atoms with Crippen molar-refractivity contribution in [1.82, 2.24) is 4.98 Å². The monoisotopic (exact) mass is 968 g/mol. The molecule has 0 bridgehead atoms. The molecule has 3 nitrogen and oxygen atoms in total. The molecular formula is C70H85N3. The second-order valence-corrected chi connectivity index (χ2v) is 19.7. The summed E-state index contributed by atoms with van der Waals surface area (Å²) in [6, 6.07) is 44.2. The van der Waals surface area contributed by atoms with Crippen LogP contribution < -0.4 is 4.90 Å². The molecule has 0 spiro atoms. The average Bonchev–Trinajstić information content (AvgIpc) is 3.67. The lowest BCUT2D eigenvalue weighted by Crippen LogP contribution is -2.46. The third-order valence-corrected chi connectivity index (χ3v) is 15.0. The third-order valence-electron chi connectivity index (χ3n) is 15.0. The van der Waals surface area contributed by atoms with Crippen LogP contribution >= 0.6 is 0 Å². The fourth-order valence-electron chi connectivity index (χ4n) is 10.8. The summed E-state index contributed by atoms with van der Waals surface area (Å²) in [5, 5.41) is 2.38. The molecule has 380 valence electrons. The Hall–Kier alpha value is -6.84. The van der Waals surface area contributed by atoms with E-state index in [9.17, 15) is 0 Å². The molecule has 3 heteroatoms. The standard InChI is InChI=1S/C63H65N3.C3H8.2C2H6/c1-11-14-17-24-44(4)53-42-49(66(10)43-59(64-9)46-26-18-16-19-27-46)33-36-56(53)62(7,13-3)63(8,38-15-12-2)57-35-32-47(40-54(57)60-50-28-21-20-25-45(50)37-39-65-60)48-31-34-52-51-29-22-23-30-55(51)61(5,6)58(52)41-48;1-3-2;2*1-2/h11,14-34,36-43,57H,1,9,12-13,35H2,2-8,10H3;3H2,1-2H3;2*1-2H3/b17-14-,38-15?,44-24+,59-43-;;;. The third kappa shape index (κ3) is 11.8. The summed E-state index contributed by atoms with van der Waals surface area (Å²) in [5.74, 6) is 0.0950. The molecule has 0 aliphatic heterocycles. The van der Waals surface area contributed by atoms with E-state index in [1.807, 2.05) is 64.2 Å². The van der Waals surface area contributed by atoms with Crippen LogP contribution in [0.25, 0.3) is 44.3 Å². The Labute approximate surface area is 442 Å². The number of pyridine rings is 1. The highest BCUT2D eigenvalue weighted by molar-refractivity contribution is 5.97. The lowest BCUT2D eigenvalue weighted by Gasteiger charge is -2.52. The molecule has 6 aromatic rings. The van der Waals surface area contributed by atoms with E-state index in [0.29, 0.717) is 0 Å². The Kier molecular flexibility index (Phi) is 20.5. The van der Waals surface area contributed by atoms with Gasteiger partial charge in [0.15, 0.2) is 0 Å². The van der Waals surface area contributed by atoms with Gasteiger partial charge in [-0.1, -0.05) is 236 Å². The van der Waals surface area contributed by atoms with Crippen molar-refractivity contribution < 1.29 is 0 Å². The largest absolute Gasteiger partial charge is 0.349 e. The van der Waals surface area contributed by atoms with Crippen LogP contribution in [0.15, 0.2) is 194 Å². The normalized spacial score (nSPS) is 16.4. The summed E-state index contributed by atoms with van der Waals surface area (Å²) in [6.07, 6.45) is 26.1. The van der Waals surface area contributed by atoms with Gasteiger partial charge in [0, 0.05) is 52.3 Å². The number of allylic oxidation sites excluding steroid dienone is 11. The predicted octanol–water partition coefficient (Wildman–Crippen LogP) is 20.1. The van der Waals surface area contributed by atoms with Crippen molar-refractivity contribution in [3.05, 3.63) is 228 Å². The van der Waals surface area contributed by atoms with Gasteiger partial charge in [0.2, 0.25) is 0 Å². The van der Waals surface area contributed by atoms with Crippen molar-refractivity contribution in [2.24, 2.45) is 16.3 Å². The summed E-state index contributed by atoms with van der Waals surface area (Å²) in [4.78, 5) is 11.9. The van der Waals surface area contributed by atoms with Crippen LogP contribution in [0.1, 0.15) is 155 Å². The maximum absolute atomic E-state index is 5.29. The summed E-state index contributed by atoms with van der Waals surface area (Å²) in [7, 11) is 2.09. The van der Waals surface area contributed by atoms with Crippen LogP contribution in [0, 0.1) is 11.3 Å². The molecule has 73 heavy (non-hydrogen) atoms. The van der Waals surface area contributed by atoms with E-state index in [0.717, 1.165) is 41.9 Å². The van der Waals surface area contributed by atoms with Gasteiger partial charge in [-0.05, 0) is 130 Å². The molecule has 8 rings (SSSR count). The van der Waals surface area contributed by atoms with Crippen molar-refractivity contribution in [3.8, 4) is 11.1 Å². The molecule has 0 N–H and O–H groups in total. The molecule has 1 heterocycles. The van der Waals surface area contributed by atoms with Gasteiger partial charge in [0.1, 0.15) is 0 Å². The maximum atomic E-state index is 5.29. The number of nitrogens with zero attached hydrogens (tertiary/aromatic N) is 3. The van der Waals surface area contributed by atoms with E-state index in [-0.39, 0.29) is 22.2 Å². The first-order chi connectivity index (χ1) is 35.3. The van der Waals surface area contributed by atoms with Crippen LogP contribution in [0.4, 0.5) is 5.69 Å². The second-order valence-electron chi connectivity index (χ2n) is 19.7. The van der Waals surface area contributed by atoms with Crippen molar-refractivity contribution in [2.75, 3.05) is 11.9 Å². The Morgan fingerprint density at radius 3 is 2.16 bits per heavy atom. The van der Waals surface area contributed by atoms with Gasteiger partial charge in [-0.15, -0.1) is 0 Å². The SMILES string of the molecule is C=C/C=C\C=C(/C)c1cc(N(C)/C=C(\N=C)c2ccccc2)ccc1C(C)(CC)C(C)(C=CCC)C1CC=C(c2ccc3c(c2)C(C)(C)c2ccccc2-3)C=C1c1nccc2ccccc12.CC.CC.CCC. The zero-order valence-corrected chi connectivity index (χ0v) is 47.0. The molecule has 0 saturated heterocycles.